The van der Waals surface area contributed by atoms with Crippen LogP contribution in [0.5, 0.6) is 0 Å². The average Bonchev–Trinajstić information content (AvgIpc) is 1.82. The molecule has 0 aromatic carbocycles. The van der Waals surface area contributed by atoms with Gasteiger partial charge < -0.3 is 5.21 Å². The molecule has 2 heteroatoms. The van der Waals surface area contributed by atoms with Crippen molar-refractivity contribution >= 4 is 0 Å². The minimum absolute atomic E-state index is 0.211. The van der Waals surface area contributed by atoms with Crippen LogP contribution >= 0.6 is 0 Å². The largest absolute Gasteiger partial charge is 0.313 e. The SMILES string of the molecule is CC(C)N(O)C(C)CC(C)(C)C. The van der Waals surface area contributed by atoms with Gasteiger partial charge in [-0.25, -0.2) is 0 Å². The van der Waals surface area contributed by atoms with Crippen LogP contribution in [0.3, 0.4) is 0 Å². The Hall–Kier alpha value is -0.0800. The fraction of sp³-hybridized carbons (Fsp3) is 1.00. The predicted octanol–water partition coefficient (Wildman–Crippen LogP) is 2.91. The molecule has 0 saturated carbocycles. The Morgan fingerprint density at radius 2 is 1.58 bits per heavy atom. The lowest BCUT2D eigenvalue weighted by Crippen LogP contribution is -2.37. The van der Waals surface area contributed by atoms with Crippen LogP contribution in [0.2, 0.25) is 0 Å². The third kappa shape index (κ3) is 4.73. The molecule has 0 fully saturated rings. The molecule has 12 heavy (non-hydrogen) atoms. The zero-order valence-corrected chi connectivity index (χ0v) is 9.26. The van der Waals surface area contributed by atoms with Gasteiger partial charge in [0, 0.05) is 12.1 Å². The van der Waals surface area contributed by atoms with Crippen molar-refractivity contribution in [1.29, 1.82) is 0 Å². The van der Waals surface area contributed by atoms with E-state index in [4.69, 9.17) is 0 Å². The number of rotatable bonds is 3. The van der Waals surface area contributed by atoms with Crippen molar-refractivity contribution < 1.29 is 5.21 Å². The first-order chi connectivity index (χ1) is 5.24. The lowest BCUT2D eigenvalue weighted by atomic mass is 9.88. The van der Waals surface area contributed by atoms with Gasteiger partial charge in [0.2, 0.25) is 0 Å². The highest BCUT2D eigenvalue weighted by Crippen LogP contribution is 2.23. The second-order valence-electron chi connectivity index (χ2n) is 5.09. The first kappa shape index (κ1) is 11.9. The van der Waals surface area contributed by atoms with Crippen LogP contribution in [0.15, 0.2) is 0 Å². The molecule has 0 spiro atoms. The molecule has 0 aliphatic rings. The van der Waals surface area contributed by atoms with E-state index in [-0.39, 0.29) is 17.5 Å². The summed E-state index contributed by atoms with van der Waals surface area (Å²) in [6.45, 7) is 12.6. The van der Waals surface area contributed by atoms with Crippen LogP contribution < -0.4 is 0 Å². The smallest absolute Gasteiger partial charge is 0.0329 e. The normalized spacial score (nSPS) is 15.8. The maximum atomic E-state index is 9.59. The van der Waals surface area contributed by atoms with Gasteiger partial charge in [0.05, 0.1) is 0 Å². The van der Waals surface area contributed by atoms with E-state index in [0.29, 0.717) is 0 Å². The van der Waals surface area contributed by atoms with E-state index in [9.17, 15) is 5.21 Å². The molecule has 0 saturated heterocycles. The van der Waals surface area contributed by atoms with Gasteiger partial charge in [-0.2, -0.15) is 5.06 Å². The van der Waals surface area contributed by atoms with Crippen LogP contribution in [-0.2, 0) is 0 Å². The maximum absolute atomic E-state index is 9.59. The van der Waals surface area contributed by atoms with Crippen molar-refractivity contribution in [3.05, 3.63) is 0 Å². The summed E-state index contributed by atoms with van der Waals surface area (Å²) in [4.78, 5) is 0. The second kappa shape index (κ2) is 4.24. The fourth-order valence-corrected chi connectivity index (χ4v) is 1.49. The van der Waals surface area contributed by atoms with E-state index in [1.165, 1.54) is 5.06 Å². The molecule has 0 rings (SSSR count). The quantitative estimate of drug-likeness (QED) is 0.663. The zero-order valence-electron chi connectivity index (χ0n) is 9.26. The highest BCUT2D eigenvalue weighted by atomic mass is 16.5. The topological polar surface area (TPSA) is 23.5 Å². The van der Waals surface area contributed by atoms with Crippen molar-refractivity contribution in [2.24, 2.45) is 5.41 Å². The van der Waals surface area contributed by atoms with Crippen LogP contribution in [0.1, 0.15) is 48.0 Å². The van der Waals surface area contributed by atoms with Crippen molar-refractivity contribution in [2.75, 3.05) is 0 Å². The van der Waals surface area contributed by atoms with E-state index >= 15 is 0 Å². The van der Waals surface area contributed by atoms with E-state index in [1.54, 1.807) is 0 Å². The Bertz CT molecular complexity index is 126. The van der Waals surface area contributed by atoms with E-state index in [0.717, 1.165) is 6.42 Å². The summed E-state index contributed by atoms with van der Waals surface area (Å²) in [5.41, 5.74) is 0.287. The highest BCUT2D eigenvalue weighted by molar-refractivity contribution is 4.71. The van der Waals surface area contributed by atoms with Crippen molar-refractivity contribution in [2.45, 2.75) is 60.0 Å². The van der Waals surface area contributed by atoms with Gasteiger partial charge in [-0.3, -0.25) is 0 Å². The van der Waals surface area contributed by atoms with Crippen molar-refractivity contribution in [1.82, 2.24) is 5.06 Å². The molecule has 0 radical (unpaired) electrons. The minimum Gasteiger partial charge on any atom is -0.313 e. The first-order valence-corrected chi connectivity index (χ1v) is 4.71. The molecule has 0 aromatic heterocycles. The highest BCUT2D eigenvalue weighted by Gasteiger charge is 2.20. The maximum Gasteiger partial charge on any atom is 0.0329 e. The Kier molecular flexibility index (Phi) is 4.21. The molecule has 0 heterocycles. The van der Waals surface area contributed by atoms with Gasteiger partial charge in [0.15, 0.2) is 0 Å². The average molecular weight is 173 g/mol. The predicted molar refractivity (Wildman–Crippen MR) is 52.3 cm³/mol. The molecule has 1 N–H and O–H groups in total. The van der Waals surface area contributed by atoms with Crippen LogP contribution in [0.25, 0.3) is 0 Å². The molecule has 0 aliphatic heterocycles. The van der Waals surface area contributed by atoms with Gasteiger partial charge >= 0.3 is 0 Å². The number of hydrogen-bond donors (Lipinski definition) is 1. The van der Waals surface area contributed by atoms with Gasteiger partial charge in [0.25, 0.3) is 0 Å². The molecule has 0 aliphatic carbocycles. The summed E-state index contributed by atoms with van der Waals surface area (Å²) < 4.78 is 0. The van der Waals surface area contributed by atoms with E-state index in [2.05, 4.69) is 27.7 Å². The summed E-state index contributed by atoms with van der Waals surface area (Å²) in [6, 6.07) is 0.451. The summed E-state index contributed by atoms with van der Waals surface area (Å²) in [5, 5.41) is 11.0. The van der Waals surface area contributed by atoms with Crippen molar-refractivity contribution in [3.63, 3.8) is 0 Å². The number of nitrogens with zero attached hydrogens (tertiary/aromatic N) is 1. The molecular formula is C10H23NO. The Balaban J connectivity index is 3.95. The van der Waals surface area contributed by atoms with Crippen LogP contribution in [0, 0.1) is 5.41 Å². The molecular weight excluding hydrogens is 150 g/mol. The Labute approximate surface area is 76.5 Å². The van der Waals surface area contributed by atoms with Gasteiger partial charge in [0.1, 0.15) is 0 Å². The fourth-order valence-electron chi connectivity index (χ4n) is 1.49. The van der Waals surface area contributed by atoms with E-state index in [1.807, 2.05) is 13.8 Å². The first-order valence-electron chi connectivity index (χ1n) is 4.71. The Morgan fingerprint density at radius 1 is 1.17 bits per heavy atom. The van der Waals surface area contributed by atoms with Crippen LogP contribution in [-0.4, -0.2) is 22.4 Å². The number of hydrogen-bond acceptors (Lipinski definition) is 2. The zero-order chi connectivity index (χ0) is 9.94. The molecule has 0 amide bonds. The van der Waals surface area contributed by atoms with Crippen molar-refractivity contribution in [3.8, 4) is 0 Å². The lowest BCUT2D eigenvalue weighted by Gasteiger charge is -2.31. The standard InChI is InChI=1S/C10H23NO/c1-8(2)11(12)9(3)7-10(4,5)6/h8-9,12H,7H2,1-6H3. The monoisotopic (exact) mass is 173 g/mol. The molecule has 0 aromatic rings. The third-order valence-electron chi connectivity index (χ3n) is 1.89. The molecule has 0 bridgehead atoms. The second-order valence-corrected chi connectivity index (χ2v) is 5.09. The third-order valence-corrected chi connectivity index (χ3v) is 1.89. The summed E-state index contributed by atoms with van der Waals surface area (Å²) >= 11 is 0. The molecule has 2 nitrogen and oxygen atoms in total. The summed E-state index contributed by atoms with van der Waals surface area (Å²) in [7, 11) is 0. The van der Waals surface area contributed by atoms with Gasteiger partial charge in [-0.1, -0.05) is 20.8 Å². The van der Waals surface area contributed by atoms with Crippen LogP contribution in [0.4, 0.5) is 0 Å². The van der Waals surface area contributed by atoms with Gasteiger partial charge in [-0.05, 0) is 32.6 Å². The number of hydroxylamine groups is 2. The molecule has 1 unspecified atom stereocenters. The molecule has 74 valence electrons. The minimum atomic E-state index is 0.211. The van der Waals surface area contributed by atoms with E-state index < -0.39 is 0 Å². The molecule has 1 atom stereocenters. The Morgan fingerprint density at radius 3 is 1.83 bits per heavy atom. The van der Waals surface area contributed by atoms with Gasteiger partial charge in [-0.15, -0.1) is 0 Å². The summed E-state index contributed by atoms with van der Waals surface area (Å²) in [6.07, 6.45) is 1.02. The summed E-state index contributed by atoms with van der Waals surface area (Å²) in [5.74, 6) is 0. The lowest BCUT2D eigenvalue weighted by molar-refractivity contribution is -0.153.